The highest BCUT2D eigenvalue weighted by Gasteiger charge is 2.15. The van der Waals surface area contributed by atoms with Gasteiger partial charge in [-0.2, -0.15) is 16.8 Å². The maximum Gasteiger partial charge on any atom is 0.294 e. The van der Waals surface area contributed by atoms with Crippen LogP contribution >= 0.6 is 0 Å². The summed E-state index contributed by atoms with van der Waals surface area (Å²) in [6, 6.07) is 27.2. The minimum atomic E-state index is -4.28. The Bertz CT molecular complexity index is 1370. The quantitative estimate of drug-likeness (QED) is 0.392. The Labute approximate surface area is 186 Å². The summed E-state index contributed by atoms with van der Waals surface area (Å²) in [7, 11) is -8.56. The molecule has 32 heavy (non-hydrogen) atoms. The van der Waals surface area contributed by atoms with Gasteiger partial charge < -0.3 is 0 Å². The van der Waals surface area contributed by atoms with E-state index in [0.717, 1.165) is 33.4 Å². The van der Waals surface area contributed by atoms with Gasteiger partial charge in [-0.15, -0.1) is 0 Å². The van der Waals surface area contributed by atoms with Gasteiger partial charge in [0.1, 0.15) is 0 Å². The molecule has 0 spiro atoms. The smallest absolute Gasteiger partial charge is 0.282 e. The molecule has 2 N–H and O–H groups in total. The van der Waals surface area contributed by atoms with Crippen LogP contribution in [0.3, 0.4) is 0 Å². The van der Waals surface area contributed by atoms with Crippen molar-refractivity contribution in [3.63, 3.8) is 0 Å². The molecule has 0 aromatic heterocycles. The average molecular weight is 467 g/mol. The summed E-state index contributed by atoms with van der Waals surface area (Å²) >= 11 is 0. The van der Waals surface area contributed by atoms with Crippen LogP contribution in [0.25, 0.3) is 33.4 Å². The van der Waals surface area contributed by atoms with Crippen molar-refractivity contribution in [2.45, 2.75) is 9.79 Å². The molecule has 0 saturated heterocycles. The highest BCUT2D eigenvalue weighted by molar-refractivity contribution is 7.86. The highest BCUT2D eigenvalue weighted by Crippen LogP contribution is 2.38. The van der Waals surface area contributed by atoms with Gasteiger partial charge in [0.2, 0.25) is 0 Å². The van der Waals surface area contributed by atoms with Crippen LogP contribution in [-0.4, -0.2) is 25.9 Å². The van der Waals surface area contributed by atoms with E-state index in [1.165, 1.54) is 24.3 Å². The molecule has 0 aliphatic heterocycles. The molecule has 0 radical (unpaired) electrons. The lowest BCUT2D eigenvalue weighted by molar-refractivity contribution is 0.481. The Hall–Kier alpha value is -3.30. The van der Waals surface area contributed by atoms with E-state index >= 15 is 0 Å². The predicted octanol–water partition coefficient (Wildman–Crippen LogP) is 5.18. The van der Waals surface area contributed by atoms with Gasteiger partial charge >= 0.3 is 0 Å². The molecule has 4 aromatic rings. The fourth-order valence-corrected chi connectivity index (χ4v) is 4.51. The fraction of sp³-hybridized carbons (Fsp3) is 0. The second-order valence-electron chi connectivity index (χ2n) is 7.09. The molecular formula is C24H18O6S2. The van der Waals surface area contributed by atoms with Crippen LogP contribution in [0.5, 0.6) is 0 Å². The Morgan fingerprint density at radius 3 is 0.969 bits per heavy atom. The lowest BCUT2D eigenvalue weighted by atomic mass is 9.89. The normalized spacial score (nSPS) is 11.9. The summed E-state index contributed by atoms with van der Waals surface area (Å²) in [5.41, 5.74) is 5.03. The van der Waals surface area contributed by atoms with Crippen LogP contribution in [0.1, 0.15) is 0 Å². The Morgan fingerprint density at radius 1 is 0.406 bits per heavy atom. The SMILES string of the molecule is O=S(=O)(O)c1ccc(-c2ccccc2-c2ccccc2-c2ccc(S(=O)(=O)O)cc2)cc1. The van der Waals surface area contributed by atoms with Crippen molar-refractivity contribution in [1.82, 2.24) is 0 Å². The first kappa shape index (κ1) is 21.9. The van der Waals surface area contributed by atoms with E-state index in [9.17, 15) is 25.9 Å². The van der Waals surface area contributed by atoms with Crippen LogP contribution in [-0.2, 0) is 20.2 Å². The van der Waals surface area contributed by atoms with E-state index in [4.69, 9.17) is 0 Å². The molecule has 0 atom stereocenters. The van der Waals surface area contributed by atoms with Crippen molar-refractivity contribution in [2.75, 3.05) is 0 Å². The molecule has 0 unspecified atom stereocenters. The Morgan fingerprint density at radius 2 is 0.688 bits per heavy atom. The third kappa shape index (κ3) is 4.49. The van der Waals surface area contributed by atoms with Gasteiger partial charge in [0.25, 0.3) is 20.2 Å². The Kier molecular flexibility index (Phi) is 5.70. The molecule has 6 nitrogen and oxygen atoms in total. The zero-order valence-corrected chi connectivity index (χ0v) is 18.2. The number of hydrogen-bond acceptors (Lipinski definition) is 4. The van der Waals surface area contributed by atoms with Crippen LogP contribution in [0.4, 0.5) is 0 Å². The van der Waals surface area contributed by atoms with Gasteiger partial charge in [-0.25, -0.2) is 0 Å². The van der Waals surface area contributed by atoms with Gasteiger partial charge in [-0.05, 0) is 57.6 Å². The molecule has 4 aromatic carbocycles. The fourth-order valence-electron chi connectivity index (χ4n) is 3.55. The third-order valence-corrected chi connectivity index (χ3v) is 6.81. The van der Waals surface area contributed by atoms with Gasteiger partial charge in [0.15, 0.2) is 0 Å². The van der Waals surface area contributed by atoms with E-state index in [2.05, 4.69) is 0 Å². The van der Waals surface area contributed by atoms with Crippen LogP contribution in [0, 0.1) is 0 Å². The molecule has 162 valence electrons. The van der Waals surface area contributed by atoms with Gasteiger partial charge in [0, 0.05) is 0 Å². The van der Waals surface area contributed by atoms with E-state index in [0.29, 0.717) is 0 Å². The third-order valence-electron chi connectivity index (χ3n) is 5.07. The molecule has 0 amide bonds. The molecule has 0 bridgehead atoms. The number of hydrogen-bond donors (Lipinski definition) is 2. The predicted molar refractivity (Wildman–Crippen MR) is 122 cm³/mol. The maximum absolute atomic E-state index is 11.4. The molecule has 0 aliphatic rings. The summed E-state index contributed by atoms with van der Waals surface area (Å²) in [4.78, 5) is -0.365. The number of rotatable bonds is 5. The second kappa shape index (κ2) is 8.33. The first-order chi connectivity index (χ1) is 15.1. The van der Waals surface area contributed by atoms with Crippen molar-refractivity contribution in [1.29, 1.82) is 0 Å². The molecule has 0 aliphatic carbocycles. The van der Waals surface area contributed by atoms with Crippen molar-refractivity contribution in [3.05, 3.63) is 97.1 Å². The standard InChI is InChI=1S/C24H18O6S2/c25-31(26,27)19-13-9-17(10-14-19)21-5-1-3-7-23(21)24-8-4-2-6-22(24)18-11-15-20(16-12-18)32(28,29)30/h1-16H,(H,25,26,27)(H,28,29,30). The van der Waals surface area contributed by atoms with Crippen LogP contribution in [0.15, 0.2) is 107 Å². The van der Waals surface area contributed by atoms with Crippen LogP contribution < -0.4 is 0 Å². The van der Waals surface area contributed by atoms with E-state index in [1.54, 1.807) is 24.3 Å². The van der Waals surface area contributed by atoms with E-state index in [1.807, 2.05) is 48.5 Å². The minimum absolute atomic E-state index is 0.182. The molecule has 8 heteroatoms. The van der Waals surface area contributed by atoms with Gasteiger partial charge in [-0.3, -0.25) is 9.11 Å². The average Bonchev–Trinajstić information content (AvgIpc) is 2.78. The minimum Gasteiger partial charge on any atom is -0.282 e. The zero-order valence-electron chi connectivity index (χ0n) is 16.6. The number of benzene rings is 4. The van der Waals surface area contributed by atoms with Gasteiger partial charge in [0.05, 0.1) is 9.79 Å². The van der Waals surface area contributed by atoms with Crippen molar-refractivity contribution in [3.8, 4) is 33.4 Å². The van der Waals surface area contributed by atoms with Crippen molar-refractivity contribution in [2.24, 2.45) is 0 Å². The lowest BCUT2D eigenvalue weighted by Gasteiger charge is -2.15. The molecular weight excluding hydrogens is 448 g/mol. The highest BCUT2D eigenvalue weighted by atomic mass is 32.2. The summed E-state index contributed by atoms with van der Waals surface area (Å²) in [5, 5.41) is 0. The van der Waals surface area contributed by atoms with Crippen molar-refractivity contribution >= 4 is 20.2 Å². The first-order valence-electron chi connectivity index (χ1n) is 9.49. The molecule has 0 heterocycles. The molecule has 0 saturated carbocycles. The largest absolute Gasteiger partial charge is 0.294 e. The van der Waals surface area contributed by atoms with Gasteiger partial charge in [-0.1, -0.05) is 72.8 Å². The summed E-state index contributed by atoms with van der Waals surface area (Å²) in [6.45, 7) is 0. The monoisotopic (exact) mass is 466 g/mol. The van der Waals surface area contributed by atoms with Crippen LogP contribution in [0.2, 0.25) is 0 Å². The lowest BCUT2D eigenvalue weighted by Crippen LogP contribution is -1.98. The zero-order chi connectivity index (χ0) is 22.9. The topological polar surface area (TPSA) is 109 Å². The van der Waals surface area contributed by atoms with E-state index in [-0.39, 0.29) is 9.79 Å². The first-order valence-corrected chi connectivity index (χ1v) is 12.4. The molecule has 4 rings (SSSR count). The summed E-state index contributed by atoms with van der Waals surface area (Å²) in [6.07, 6.45) is 0. The molecule has 0 fully saturated rings. The van der Waals surface area contributed by atoms with Crippen molar-refractivity contribution < 1.29 is 25.9 Å². The maximum atomic E-state index is 11.4. The summed E-state index contributed by atoms with van der Waals surface area (Å²) < 4.78 is 63.9. The second-order valence-corrected chi connectivity index (χ2v) is 9.93. The summed E-state index contributed by atoms with van der Waals surface area (Å²) in [5.74, 6) is 0. The van der Waals surface area contributed by atoms with E-state index < -0.39 is 20.2 Å². The Balaban J connectivity index is 1.83.